The van der Waals surface area contributed by atoms with E-state index in [1.54, 1.807) is 36.4 Å². The summed E-state index contributed by atoms with van der Waals surface area (Å²) in [6, 6.07) is 12.1. The Morgan fingerprint density at radius 2 is 1.83 bits per heavy atom. The fraction of sp³-hybridized carbons (Fsp3) is 0.0625. The molecule has 0 aliphatic carbocycles. The minimum absolute atomic E-state index is 0.0735. The summed E-state index contributed by atoms with van der Waals surface area (Å²) in [6.07, 6.45) is 0. The van der Waals surface area contributed by atoms with Crippen molar-refractivity contribution in [1.29, 1.82) is 0 Å². The second-order valence-electron chi connectivity index (χ2n) is 4.70. The third-order valence-corrected chi connectivity index (χ3v) is 3.07. The predicted octanol–water partition coefficient (Wildman–Crippen LogP) is 2.55. The van der Waals surface area contributed by atoms with Gasteiger partial charge in [0.05, 0.1) is 0 Å². The van der Waals surface area contributed by atoms with Gasteiger partial charge in [0.25, 0.3) is 5.89 Å². The van der Waals surface area contributed by atoms with Crippen LogP contribution >= 0.6 is 0 Å². The van der Waals surface area contributed by atoms with E-state index in [0.717, 1.165) is 0 Å². The van der Waals surface area contributed by atoms with Crippen LogP contribution in [0.2, 0.25) is 0 Å². The highest BCUT2D eigenvalue weighted by Crippen LogP contribution is 2.18. The van der Waals surface area contributed by atoms with Crippen molar-refractivity contribution in [2.24, 2.45) is 5.73 Å². The van der Waals surface area contributed by atoms with Gasteiger partial charge in [0.15, 0.2) is 6.61 Å². The number of carbonyl (C=O) groups is 1. The molecule has 1 aromatic heterocycles. The Balaban J connectivity index is 1.65. The van der Waals surface area contributed by atoms with Crippen molar-refractivity contribution < 1.29 is 18.4 Å². The van der Waals surface area contributed by atoms with Crippen LogP contribution in [0.5, 0.6) is 5.75 Å². The lowest BCUT2D eigenvalue weighted by Gasteiger charge is -2.03. The van der Waals surface area contributed by atoms with Crippen LogP contribution in [0.25, 0.3) is 11.4 Å². The van der Waals surface area contributed by atoms with Gasteiger partial charge in [0, 0.05) is 11.1 Å². The monoisotopic (exact) mass is 313 g/mol. The number of halogens is 1. The Kier molecular flexibility index (Phi) is 4.01. The molecule has 7 heteroatoms. The number of ether oxygens (including phenoxy) is 1. The first-order valence-corrected chi connectivity index (χ1v) is 6.73. The Hall–Kier alpha value is -3.22. The molecule has 3 rings (SSSR count). The fourth-order valence-corrected chi connectivity index (χ4v) is 1.89. The third kappa shape index (κ3) is 3.52. The van der Waals surface area contributed by atoms with E-state index in [2.05, 4.69) is 10.1 Å². The van der Waals surface area contributed by atoms with Crippen LogP contribution in [-0.4, -0.2) is 16.0 Å². The van der Waals surface area contributed by atoms with Crippen LogP contribution in [-0.2, 0) is 6.61 Å². The summed E-state index contributed by atoms with van der Waals surface area (Å²) in [6.45, 7) is 0.0735. The van der Waals surface area contributed by atoms with Gasteiger partial charge in [-0.1, -0.05) is 5.16 Å². The SMILES string of the molecule is NC(=O)c1ccc(OCc2nc(-c3ccc(F)cc3)no2)cc1. The van der Waals surface area contributed by atoms with Crippen LogP contribution < -0.4 is 10.5 Å². The quantitative estimate of drug-likeness (QED) is 0.781. The second-order valence-corrected chi connectivity index (χ2v) is 4.70. The molecule has 0 unspecified atom stereocenters. The van der Waals surface area contributed by atoms with Crippen molar-refractivity contribution in [2.75, 3.05) is 0 Å². The highest BCUT2D eigenvalue weighted by molar-refractivity contribution is 5.92. The lowest BCUT2D eigenvalue weighted by molar-refractivity contribution is 0.1000. The van der Waals surface area contributed by atoms with Crippen molar-refractivity contribution >= 4 is 5.91 Å². The summed E-state index contributed by atoms with van der Waals surface area (Å²) in [5.41, 5.74) is 6.20. The van der Waals surface area contributed by atoms with Gasteiger partial charge >= 0.3 is 0 Å². The molecule has 0 aliphatic rings. The van der Waals surface area contributed by atoms with Gasteiger partial charge in [0.2, 0.25) is 11.7 Å². The number of amides is 1. The molecule has 2 aromatic carbocycles. The van der Waals surface area contributed by atoms with Gasteiger partial charge in [-0.3, -0.25) is 4.79 Å². The first-order chi connectivity index (χ1) is 11.1. The Labute approximate surface area is 130 Å². The van der Waals surface area contributed by atoms with Gasteiger partial charge < -0.3 is 15.0 Å². The maximum atomic E-state index is 12.9. The first kappa shape index (κ1) is 14.7. The van der Waals surface area contributed by atoms with Gasteiger partial charge in [-0.25, -0.2) is 4.39 Å². The normalized spacial score (nSPS) is 10.5. The number of benzene rings is 2. The van der Waals surface area contributed by atoms with Crippen LogP contribution in [0.4, 0.5) is 4.39 Å². The minimum Gasteiger partial charge on any atom is -0.484 e. The maximum Gasteiger partial charge on any atom is 0.264 e. The number of nitrogens with two attached hydrogens (primary N) is 1. The van der Waals surface area contributed by atoms with E-state index >= 15 is 0 Å². The van der Waals surface area contributed by atoms with Crippen LogP contribution in [0, 0.1) is 5.82 Å². The molecule has 1 heterocycles. The molecule has 0 atom stereocenters. The molecular weight excluding hydrogens is 301 g/mol. The number of hydrogen-bond acceptors (Lipinski definition) is 5. The molecular formula is C16H12FN3O3. The Bertz CT molecular complexity index is 813. The van der Waals surface area contributed by atoms with E-state index in [4.69, 9.17) is 15.0 Å². The Morgan fingerprint density at radius 3 is 2.48 bits per heavy atom. The summed E-state index contributed by atoms with van der Waals surface area (Å²) in [7, 11) is 0. The lowest BCUT2D eigenvalue weighted by Crippen LogP contribution is -2.10. The van der Waals surface area contributed by atoms with Crippen LogP contribution in [0.1, 0.15) is 16.2 Å². The third-order valence-electron chi connectivity index (χ3n) is 3.07. The lowest BCUT2D eigenvalue weighted by atomic mass is 10.2. The smallest absolute Gasteiger partial charge is 0.264 e. The van der Waals surface area contributed by atoms with Crippen molar-refractivity contribution in [2.45, 2.75) is 6.61 Å². The Morgan fingerprint density at radius 1 is 1.13 bits per heavy atom. The summed E-state index contributed by atoms with van der Waals surface area (Å²) >= 11 is 0. The molecule has 6 nitrogen and oxygen atoms in total. The van der Waals surface area contributed by atoms with Gasteiger partial charge in [-0.05, 0) is 48.5 Å². The summed E-state index contributed by atoms with van der Waals surface area (Å²) in [5.74, 6) is 0.338. The molecule has 116 valence electrons. The van der Waals surface area contributed by atoms with E-state index < -0.39 is 5.91 Å². The van der Waals surface area contributed by atoms with E-state index in [9.17, 15) is 9.18 Å². The van der Waals surface area contributed by atoms with E-state index in [1.807, 2.05) is 0 Å². The van der Waals surface area contributed by atoms with Crippen molar-refractivity contribution in [3.05, 3.63) is 65.8 Å². The van der Waals surface area contributed by atoms with E-state index in [1.165, 1.54) is 12.1 Å². The fourth-order valence-electron chi connectivity index (χ4n) is 1.89. The largest absolute Gasteiger partial charge is 0.484 e. The molecule has 0 fully saturated rings. The van der Waals surface area contributed by atoms with Gasteiger partial charge in [-0.15, -0.1) is 0 Å². The average molecular weight is 313 g/mol. The van der Waals surface area contributed by atoms with Gasteiger partial charge in [-0.2, -0.15) is 4.98 Å². The highest BCUT2D eigenvalue weighted by Gasteiger charge is 2.09. The summed E-state index contributed by atoms with van der Waals surface area (Å²) in [4.78, 5) is 15.1. The molecule has 2 N–H and O–H groups in total. The number of aromatic nitrogens is 2. The summed E-state index contributed by atoms with van der Waals surface area (Å²) < 4.78 is 23.4. The molecule has 0 aliphatic heterocycles. The zero-order valence-electron chi connectivity index (χ0n) is 11.9. The van der Waals surface area contributed by atoms with Crippen molar-refractivity contribution in [1.82, 2.24) is 10.1 Å². The summed E-state index contributed by atoms with van der Waals surface area (Å²) in [5, 5.41) is 3.82. The number of carbonyl (C=O) groups excluding carboxylic acids is 1. The van der Waals surface area contributed by atoms with Crippen LogP contribution in [0.15, 0.2) is 53.1 Å². The molecule has 0 spiro atoms. The maximum absolute atomic E-state index is 12.9. The molecule has 23 heavy (non-hydrogen) atoms. The number of rotatable bonds is 5. The molecule has 3 aromatic rings. The molecule has 0 saturated heterocycles. The number of primary amides is 1. The van der Waals surface area contributed by atoms with Crippen molar-refractivity contribution in [3.63, 3.8) is 0 Å². The molecule has 0 saturated carbocycles. The first-order valence-electron chi connectivity index (χ1n) is 6.73. The highest BCUT2D eigenvalue weighted by atomic mass is 19.1. The zero-order chi connectivity index (χ0) is 16.2. The molecule has 0 radical (unpaired) electrons. The van der Waals surface area contributed by atoms with E-state index in [-0.39, 0.29) is 18.3 Å². The standard InChI is InChI=1S/C16H12FN3O3/c17-12-5-1-11(2-6-12)16-19-14(23-20-16)9-22-13-7-3-10(4-8-13)15(18)21/h1-8H,9H2,(H2,18,21). The van der Waals surface area contributed by atoms with Crippen molar-refractivity contribution in [3.8, 4) is 17.1 Å². The number of hydrogen-bond donors (Lipinski definition) is 1. The average Bonchev–Trinajstić information content (AvgIpc) is 3.03. The molecule has 1 amide bonds. The topological polar surface area (TPSA) is 91.2 Å². The van der Waals surface area contributed by atoms with E-state index in [0.29, 0.717) is 22.7 Å². The predicted molar refractivity (Wildman–Crippen MR) is 79.0 cm³/mol. The van der Waals surface area contributed by atoms with Gasteiger partial charge in [0.1, 0.15) is 11.6 Å². The second kappa shape index (κ2) is 6.27. The molecule has 0 bridgehead atoms. The number of nitrogens with zero attached hydrogens (tertiary/aromatic N) is 2. The van der Waals surface area contributed by atoms with Crippen LogP contribution in [0.3, 0.4) is 0 Å². The zero-order valence-corrected chi connectivity index (χ0v) is 11.9. The minimum atomic E-state index is -0.502.